The van der Waals surface area contributed by atoms with Gasteiger partial charge in [-0.1, -0.05) is 30.3 Å². The van der Waals surface area contributed by atoms with E-state index < -0.39 is 18.0 Å². The molecule has 0 fully saturated rings. The van der Waals surface area contributed by atoms with E-state index in [9.17, 15) is 14.4 Å². The maximum atomic E-state index is 12.5. The number of rotatable bonds is 6. The molecule has 1 atom stereocenters. The first-order chi connectivity index (χ1) is 14.3. The summed E-state index contributed by atoms with van der Waals surface area (Å²) in [4.78, 5) is 39.0. The molecule has 0 spiro atoms. The van der Waals surface area contributed by atoms with Crippen molar-refractivity contribution in [3.05, 3.63) is 70.8 Å². The minimum Gasteiger partial charge on any atom is -0.454 e. The number of fused-ring (bicyclic) bond motifs is 1. The average molecular weight is 409 g/mol. The van der Waals surface area contributed by atoms with Crippen LogP contribution in [0.4, 0.5) is 0 Å². The Bertz CT molecular complexity index is 928. The molecular formula is C24H27NO5. The lowest BCUT2D eigenvalue weighted by Crippen LogP contribution is -2.44. The van der Waals surface area contributed by atoms with E-state index in [2.05, 4.69) is 0 Å². The second kappa shape index (κ2) is 9.11. The molecule has 0 radical (unpaired) electrons. The fourth-order valence-electron chi connectivity index (χ4n) is 3.83. The van der Waals surface area contributed by atoms with Gasteiger partial charge in [0.05, 0.1) is 11.1 Å². The summed E-state index contributed by atoms with van der Waals surface area (Å²) in [5.74, 6) is -1.24. The van der Waals surface area contributed by atoms with Gasteiger partial charge in [-0.15, -0.1) is 0 Å². The standard InChI is InChI=1S/C24H27NO5/c1-15(2)25(16(3)4)22(26)14-29-23(27)18-10-11-20-19(12-18)13-21(30-24(20)28)17-8-6-5-7-9-17/h5-12,15-16,21H,13-14H2,1-4H3/t21-/m0/s1. The Kier molecular flexibility index (Phi) is 6.55. The molecule has 0 unspecified atom stereocenters. The predicted molar refractivity (Wildman–Crippen MR) is 112 cm³/mol. The number of carbonyl (C=O) groups is 3. The van der Waals surface area contributed by atoms with Crippen molar-refractivity contribution in [1.82, 2.24) is 4.90 Å². The van der Waals surface area contributed by atoms with Gasteiger partial charge in [-0.2, -0.15) is 0 Å². The molecule has 1 aliphatic rings. The molecule has 0 N–H and O–H groups in total. The maximum Gasteiger partial charge on any atom is 0.339 e. The lowest BCUT2D eigenvalue weighted by Gasteiger charge is -2.30. The molecule has 158 valence electrons. The molecule has 6 nitrogen and oxygen atoms in total. The summed E-state index contributed by atoms with van der Waals surface area (Å²) in [5, 5.41) is 0. The number of amides is 1. The van der Waals surface area contributed by atoms with Crippen LogP contribution in [0.3, 0.4) is 0 Å². The zero-order valence-electron chi connectivity index (χ0n) is 17.8. The smallest absolute Gasteiger partial charge is 0.339 e. The average Bonchev–Trinajstić information content (AvgIpc) is 2.71. The van der Waals surface area contributed by atoms with Crippen LogP contribution in [0.1, 0.15) is 65.6 Å². The number of carbonyl (C=O) groups excluding carboxylic acids is 3. The molecule has 0 bridgehead atoms. The van der Waals surface area contributed by atoms with E-state index in [-0.39, 0.29) is 24.6 Å². The Morgan fingerprint density at radius 1 is 1.07 bits per heavy atom. The zero-order chi connectivity index (χ0) is 21.8. The van der Waals surface area contributed by atoms with Crippen LogP contribution in [0, 0.1) is 0 Å². The van der Waals surface area contributed by atoms with E-state index in [1.54, 1.807) is 17.0 Å². The first-order valence-electron chi connectivity index (χ1n) is 10.1. The SMILES string of the molecule is CC(C)N(C(=O)COC(=O)c1ccc2c(c1)C[C@@H](c1ccccc1)OC2=O)C(C)C. The van der Waals surface area contributed by atoms with Crippen LogP contribution in [0.2, 0.25) is 0 Å². The predicted octanol–water partition coefficient (Wildman–Crippen LogP) is 3.94. The van der Waals surface area contributed by atoms with Gasteiger partial charge < -0.3 is 14.4 Å². The van der Waals surface area contributed by atoms with Crippen molar-refractivity contribution in [1.29, 1.82) is 0 Å². The third-order valence-corrected chi connectivity index (χ3v) is 5.11. The van der Waals surface area contributed by atoms with Crippen LogP contribution in [0.15, 0.2) is 48.5 Å². The van der Waals surface area contributed by atoms with Gasteiger partial charge in [0, 0.05) is 18.5 Å². The molecule has 1 amide bonds. The number of hydrogen-bond acceptors (Lipinski definition) is 5. The van der Waals surface area contributed by atoms with Crippen LogP contribution in [0.25, 0.3) is 0 Å². The van der Waals surface area contributed by atoms with E-state index in [4.69, 9.17) is 9.47 Å². The van der Waals surface area contributed by atoms with Crippen LogP contribution < -0.4 is 0 Å². The van der Waals surface area contributed by atoms with Gasteiger partial charge in [0.25, 0.3) is 5.91 Å². The summed E-state index contributed by atoms with van der Waals surface area (Å²) in [6.45, 7) is 7.37. The molecule has 1 aliphatic heterocycles. The third-order valence-electron chi connectivity index (χ3n) is 5.11. The summed E-state index contributed by atoms with van der Waals surface area (Å²) >= 11 is 0. The Balaban J connectivity index is 1.72. The van der Waals surface area contributed by atoms with Crippen LogP contribution in [0.5, 0.6) is 0 Å². The lowest BCUT2D eigenvalue weighted by atomic mass is 9.93. The first kappa shape index (κ1) is 21.6. The molecule has 0 aliphatic carbocycles. The highest BCUT2D eigenvalue weighted by Crippen LogP contribution is 2.31. The van der Waals surface area contributed by atoms with Gasteiger partial charge >= 0.3 is 11.9 Å². The van der Waals surface area contributed by atoms with Crippen molar-refractivity contribution in [3.63, 3.8) is 0 Å². The molecule has 1 heterocycles. The summed E-state index contributed by atoms with van der Waals surface area (Å²) in [7, 11) is 0. The number of nitrogens with zero attached hydrogens (tertiary/aromatic N) is 1. The Morgan fingerprint density at radius 3 is 2.37 bits per heavy atom. The number of cyclic esters (lactones) is 1. The quantitative estimate of drug-likeness (QED) is 0.676. The summed E-state index contributed by atoms with van der Waals surface area (Å²) in [6.07, 6.45) is 0.0734. The van der Waals surface area contributed by atoms with Gasteiger partial charge in [-0.3, -0.25) is 4.79 Å². The molecule has 3 rings (SSSR count). The third kappa shape index (κ3) is 4.70. The Labute approximate surface area is 176 Å². The number of hydrogen-bond donors (Lipinski definition) is 0. The van der Waals surface area contributed by atoms with Crippen LogP contribution >= 0.6 is 0 Å². The monoisotopic (exact) mass is 409 g/mol. The van der Waals surface area contributed by atoms with Crippen molar-refractivity contribution >= 4 is 17.8 Å². The second-order valence-corrected chi connectivity index (χ2v) is 7.95. The highest BCUT2D eigenvalue weighted by Gasteiger charge is 2.28. The zero-order valence-corrected chi connectivity index (χ0v) is 17.8. The van der Waals surface area contributed by atoms with E-state index in [0.717, 1.165) is 11.1 Å². The molecule has 0 saturated carbocycles. The highest BCUT2D eigenvalue weighted by molar-refractivity contribution is 5.96. The summed E-state index contributed by atoms with van der Waals surface area (Å²) in [5.41, 5.74) is 2.38. The highest BCUT2D eigenvalue weighted by atomic mass is 16.5. The van der Waals surface area contributed by atoms with Crippen molar-refractivity contribution < 1.29 is 23.9 Å². The lowest BCUT2D eigenvalue weighted by molar-refractivity contribution is -0.138. The molecule has 2 aromatic rings. The molecule has 30 heavy (non-hydrogen) atoms. The minimum absolute atomic E-state index is 0.0147. The van der Waals surface area contributed by atoms with Gasteiger partial charge in [0.2, 0.25) is 0 Å². The first-order valence-corrected chi connectivity index (χ1v) is 10.1. The van der Waals surface area contributed by atoms with Gasteiger partial charge in [0.1, 0.15) is 6.10 Å². The fourth-order valence-corrected chi connectivity index (χ4v) is 3.83. The Morgan fingerprint density at radius 2 is 1.73 bits per heavy atom. The van der Waals surface area contributed by atoms with Gasteiger partial charge in [-0.05, 0) is 57.0 Å². The van der Waals surface area contributed by atoms with Crippen molar-refractivity contribution in [2.45, 2.75) is 52.3 Å². The van der Waals surface area contributed by atoms with Gasteiger partial charge in [0.15, 0.2) is 6.61 Å². The number of benzene rings is 2. The molecular weight excluding hydrogens is 382 g/mol. The summed E-state index contributed by atoms with van der Waals surface area (Å²) in [6, 6.07) is 14.3. The Hall–Kier alpha value is -3.15. The molecule has 0 aromatic heterocycles. The van der Waals surface area contributed by atoms with E-state index in [1.807, 2.05) is 58.0 Å². The largest absolute Gasteiger partial charge is 0.454 e. The number of ether oxygens (including phenoxy) is 2. The van der Waals surface area contributed by atoms with Crippen LogP contribution in [-0.2, 0) is 20.7 Å². The topological polar surface area (TPSA) is 72.9 Å². The van der Waals surface area contributed by atoms with Gasteiger partial charge in [-0.25, -0.2) is 9.59 Å². The van der Waals surface area contributed by atoms with Crippen molar-refractivity contribution in [3.8, 4) is 0 Å². The van der Waals surface area contributed by atoms with Crippen molar-refractivity contribution in [2.75, 3.05) is 6.61 Å². The molecule has 0 saturated heterocycles. The normalized spacial score (nSPS) is 15.5. The molecule has 2 aromatic carbocycles. The van der Waals surface area contributed by atoms with E-state index >= 15 is 0 Å². The second-order valence-electron chi connectivity index (χ2n) is 7.95. The van der Waals surface area contributed by atoms with Crippen LogP contribution in [-0.4, -0.2) is 41.4 Å². The maximum absolute atomic E-state index is 12.5. The number of esters is 2. The molecule has 6 heteroatoms. The van der Waals surface area contributed by atoms with Crippen molar-refractivity contribution in [2.24, 2.45) is 0 Å². The minimum atomic E-state index is -0.589. The fraction of sp³-hybridized carbons (Fsp3) is 0.375. The summed E-state index contributed by atoms with van der Waals surface area (Å²) < 4.78 is 10.8. The van der Waals surface area contributed by atoms with E-state index in [1.165, 1.54) is 6.07 Å². The van der Waals surface area contributed by atoms with E-state index in [0.29, 0.717) is 17.5 Å².